The molecule has 1 unspecified atom stereocenters. The molecule has 0 aliphatic carbocycles. The number of hydrogen-bond acceptors (Lipinski definition) is 2. The van der Waals surface area contributed by atoms with Gasteiger partial charge in [0.1, 0.15) is 5.75 Å². The molecule has 0 saturated carbocycles. The molecule has 0 bridgehead atoms. The number of ether oxygens (including phenoxy) is 1. The van der Waals surface area contributed by atoms with Crippen LogP contribution in [0.3, 0.4) is 0 Å². The Morgan fingerprint density at radius 3 is 2.22 bits per heavy atom. The van der Waals surface area contributed by atoms with Gasteiger partial charge in [-0.3, -0.25) is 0 Å². The van der Waals surface area contributed by atoms with Crippen molar-refractivity contribution in [1.29, 1.82) is 0 Å². The maximum atomic E-state index is 12.1. The number of carbonyl (C=O) groups is 1. The van der Waals surface area contributed by atoms with Crippen molar-refractivity contribution in [1.82, 2.24) is 5.32 Å². The summed E-state index contributed by atoms with van der Waals surface area (Å²) in [6.07, 6.45) is -0.470. The molecule has 122 valence electrons. The smallest absolute Gasteiger partial charge is 0.322 e. The van der Waals surface area contributed by atoms with Gasteiger partial charge < -0.3 is 15.4 Å². The number of amides is 2. The zero-order valence-corrected chi connectivity index (χ0v) is 14.5. The Labute approximate surface area is 141 Å². The van der Waals surface area contributed by atoms with Gasteiger partial charge in [0.2, 0.25) is 0 Å². The van der Waals surface area contributed by atoms with Gasteiger partial charge in [0.15, 0.2) is 6.23 Å². The van der Waals surface area contributed by atoms with Crippen LogP contribution in [0.5, 0.6) is 5.75 Å². The maximum Gasteiger partial charge on any atom is 0.322 e. The lowest BCUT2D eigenvalue weighted by Gasteiger charge is -2.18. The largest absolute Gasteiger partial charge is 0.471 e. The van der Waals surface area contributed by atoms with E-state index in [9.17, 15) is 4.79 Å². The number of carbonyl (C=O) groups excluding carboxylic acids is 1. The molecule has 2 rings (SSSR count). The van der Waals surface area contributed by atoms with Gasteiger partial charge in [-0.2, -0.15) is 0 Å². The molecule has 0 aromatic heterocycles. The summed E-state index contributed by atoms with van der Waals surface area (Å²) < 4.78 is 5.63. The third-order valence-electron chi connectivity index (χ3n) is 3.38. The number of aryl methyl sites for hydroxylation is 3. The molecular weight excluding hydrogens is 312 g/mol. The minimum Gasteiger partial charge on any atom is -0.471 e. The van der Waals surface area contributed by atoms with E-state index in [1.807, 2.05) is 32.9 Å². The van der Waals surface area contributed by atoms with Crippen LogP contribution in [-0.4, -0.2) is 12.3 Å². The highest BCUT2D eigenvalue weighted by molar-refractivity contribution is 6.30. The molecule has 23 heavy (non-hydrogen) atoms. The number of anilines is 1. The minimum atomic E-state index is -0.470. The molecule has 0 spiro atoms. The quantitative estimate of drug-likeness (QED) is 0.789. The van der Waals surface area contributed by atoms with E-state index in [1.54, 1.807) is 31.2 Å². The van der Waals surface area contributed by atoms with E-state index >= 15 is 0 Å². The fourth-order valence-corrected chi connectivity index (χ4v) is 2.58. The second kappa shape index (κ2) is 7.38. The number of rotatable bonds is 4. The fourth-order valence-electron chi connectivity index (χ4n) is 2.46. The lowest BCUT2D eigenvalue weighted by Crippen LogP contribution is -2.39. The standard InChI is InChI=1S/C18H21ClN2O2/c1-11-9-12(2)17(13(3)10-11)21-18(22)20-14(4)23-16-7-5-15(19)6-8-16/h5-10,14H,1-4H3,(H2,20,21,22). The van der Waals surface area contributed by atoms with E-state index in [2.05, 4.69) is 10.6 Å². The topological polar surface area (TPSA) is 50.4 Å². The molecule has 0 saturated heterocycles. The highest BCUT2D eigenvalue weighted by Gasteiger charge is 2.11. The summed E-state index contributed by atoms with van der Waals surface area (Å²) in [4.78, 5) is 12.1. The molecule has 0 aliphatic heterocycles. The molecule has 5 heteroatoms. The Balaban J connectivity index is 1.95. The van der Waals surface area contributed by atoms with Crippen LogP contribution in [0.25, 0.3) is 0 Å². The number of benzene rings is 2. The SMILES string of the molecule is Cc1cc(C)c(NC(=O)NC(C)Oc2ccc(Cl)cc2)c(C)c1. The molecule has 2 N–H and O–H groups in total. The molecule has 2 aromatic carbocycles. The van der Waals surface area contributed by atoms with Gasteiger partial charge in [-0.15, -0.1) is 0 Å². The lowest BCUT2D eigenvalue weighted by molar-refractivity contribution is 0.183. The average Bonchev–Trinajstić information content (AvgIpc) is 2.45. The summed E-state index contributed by atoms with van der Waals surface area (Å²) in [7, 11) is 0. The lowest BCUT2D eigenvalue weighted by atomic mass is 10.1. The first-order valence-electron chi connectivity index (χ1n) is 7.43. The van der Waals surface area contributed by atoms with Crippen LogP contribution >= 0.6 is 11.6 Å². The highest BCUT2D eigenvalue weighted by Crippen LogP contribution is 2.22. The van der Waals surface area contributed by atoms with Crippen LogP contribution < -0.4 is 15.4 Å². The van der Waals surface area contributed by atoms with Crippen molar-refractivity contribution in [2.24, 2.45) is 0 Å². The molecule has 4 nitrogen and oxygen atoms in total. The van der Waals surface area contributed by atoms with Crippen LogP contribution in [0.4, 0.5) is 10.5 Å². The van der Waals surface area contributed by atoms with Crippen molar-refractivity contribution < 1.29 is 9.53 Å². The molecular formula is C18H21ClN2O2. The van der Waals surface area contributed by atoms with Gasteiger partial charge in [0.05, 0.1) is 0 Å². The second-order valence-electron chi connectivity index (χ2n) is 5.59. The predicted octanol–water partition coefficient (Wildman–Crippen LogP) is 4.81. The monoisotopic (exact) mass is 332 g/mol. The normalized spacial score (nSPS) is 11.7. The number of hydrogen-bond donors (Lipinski definition) is 2. The van der Waals surface area contributed by atoms with E-state index in [1.165, 1.54) is 5.56 Å². The Morgan fingerprint density at radius 1 is 1.09 bits per heavy atom. The Kier molecular flexibility index (Phi) is 5.50. The van der Waals surface area contributed by atoms with Crippen molar-refractivity contribution in [2.45, 2.75) is 33.9 Å². The molecule has 0 heterocycles. The van der Waals surface area contributed by atoms with Gasteiger partial charge in [-0.05, 0) is 63.1 Å². The molecule has 2 aromatic rings. The van der Waals surface area contributed by atoms with Gasteiger partial charge in [0.25, 0.3) is 0 Å². The fraction of sp³-hybridized carbons (Fsp3) is 0.278. The number of halogens is 1. The van der Waals surface area contributed by atoms with Crippen LogP contribution in [0, 0.1) is 20.8 Å². The Bertz CT molecular complexity index is 676. The first-order chi connectivity index (χ1) is 10.8. The van der Waals surface area contributed by atoms with Crippen molar-refractivity contribution in [3.63, 3.8) is 0 Å². The van der Waals surface area contributed by atoms with E-state index < -0.39 is 6.23 Å². The van der Waals surface area contributed by atoms with Crippen molar-refractivity contribution in [3.05, 3.63) is 58.1 Å². The van der Waals surface area contributed by atoms with Crippen molar-refractivity contribution >= 4 is 23.3 Å². The van der Waals surface area contributed by atoms with Gasteiger partial charge in [-0.25, -0.2) is 4.79 Å². The molecule has 2 amide bonds. The van der Waals surface area contributed by atoms with Gasteiger partial charge in [0, 0.05) is 10.7 Å². The zero-order chi connectivity index (χ0) is 17.0. The van der Waals surface area contributed by atoms with Crippen molar-refractivity contribution in [3.8, 4) is 5.75 Å². The maximum absolute atomic E-state index is 12.1. The number of urea groups is 1. The average molecular weight is 333 g/mol. The van der Waals surface area contributed by atoms with Gasteiger partial charge >= 0.3 is 6.03 Å². The third-order valence-corrected chi connectivity index (χ3v) is 3.63. The minimum absolute atomic E-state index is 0.304. The Morgan fingerprint density at radius 2 is 1.65 bits per heavy atom. The Hall–Kier alpha value is -2.20. The number of nitrogens with one attached hydrogen (secondary N) is 2. The zero-order valence-electron chi connectivity index (χ0n) is 13.7. The summed E-state index contributed by atoms with van der Waals surface area (Å²) in [5.74, 6) is 0.643. The summed E-state index contributed by atoms with van der Waals surface area (Å²) in [6.45, 7) is 7.75. The first kappa shape index (κ1) is 17.2. The van der Waals surface area contributed by atoms with Gasteiger partial charge in [-0.1, -0.05) is 29.3 Å². The second-order valence-corrected chi connectivity index (χ2v) is 6.02. The van der Waals surface area contributed by atoms with E-state index in [0.29, 0.717) is 10.8 Å². The third kappa shape index (κ3) is 4.89. The summed E-state index contributed by atoms with van der Waals surface area (Å²) in [5.41, 5.74) is 4.06. The highest BCUT2D eigenvalue weighted by atomic mass is 35.5. The summed E-state index contributed by atoms with van der Waals surface area (Å²) in [6, 6.07) is 10.8. The summed E-state index contributed by atoms with van der Waals surface area (Å²) >= 11 is 5.83. The van der Waals surface area contributed by atoms with E-state index in [4.69, 9.17) is 16.3 Å². The molecule has 0 radical (unpaired) electrons. The van der Waals surface area contributed by atoms with E-state index in [0.717, 1.165) is 16.8 Å². The van der Waals surface area contributed by atoms with Crippen LogP contribution in [-0.2, 0) is 0 Å². The van der Waals surface area contributed by atoms with Crippen LogP contribution in [0.15, 0.2) is 36.4 Å². The molecule has 1 atom stereocenters. The van der Waals surface area contributed by atoms with E-state index in [-0.39, 0.29) is 6.03 Å². The van der Waals surface area contributed by atoms with Crippen molar-refractivity contribution in [2.75, 3.05) is 5.32 Å². The van der Waals surface area contributed by atoms with Crippen LogP contribution in [0.1, 0.15) is 23.6 Å². The van der Waals surface area contributed by atoms with Crippen LogP contribution in [0.2, 0.25) is 5.02 Å². The first-order valence-corrected chi connectivity index (χ1v) is 7.80. The predicted molar refractivity (Wildman–Crippen MR) is 94.3 cm³/mol. The summed E-state index contributed by atoms with van der Waals surface area (Å²) in [5, 5.41) is 6.28. The molecule has 0 fully saturated rings. The molecule has 0 aliphatic rings.